The molecule has 10 heteroatoms. The summed E-state index contributed by atoms with van der Waals surface area (Å²) in [4.78, 5) is 17.7. The molecule has 0 atom stereocenters. The summed E-state index contributed by atoms with van der Waals surface area (Å²) in [6.07, 6.45) is 2.86. The monoisotopic (exact) mass is 470 g/mol. The quantitative estimate of drug-likeness (QED) is 0.623. The fourth-order valence-electron chi connectivity index (χ4n) is 3.86. The van der Waals surface area contributed by atoms with E-state index in [0.717, 1.165) is 10.8 Å². The van der Waals surface area contributed by atoms with Crippen LogP contribution < -0.4 is 10.9 Å². The van der Waals surface area contributed by atoms with Gasteiger partial charge in [0, 0.05) is 28.7 Å². The fourth-order valence-corrected chi connectivity index (χ4v) is 3.86. The zero-order chi connectivity index (χ0) is 25.5. The summed E-state index contributed by atoms with van der Waals surface area (Å²) in [6.45, 7) is 21.5. The van der Waals surface area contributed by atoms with Crippen LogP contribution in [0.1, 0.15) is 76.2 Å². The molecule has 0 unspecified atom stereocenters. The lowest BCUT2D eigenvalue weighted by atomic mass is 9.76. The van der Waals surface area contributed by atoms with Crippen molar-refractivity contribution >= 4 is 42.3 Å². The van der Waals surface area contributed by atoms with E-state index < -0.39 is 48.3 Å². The summed E-state index contributed by atoms with van der Waals surface area (Å²) in [6, 6.07) is 1.94. The number of ether oxygens (including phenoxy) is 1. The van der Waals surface area contributed by atoms with E-state index in [0.29, 0.717) is 11.1 Å². The summed E-state index contributed by atoms with van der Waals surface area (Å²) < 4.78 is 32.1. The minimum Gasteiger partial charge on any atom is -0.443 e. The van der Waals surface area contributed by atoms with Gasteiger partial charge >= 0.3 is 20.3 Å². The number of carbonyl (C=O) groups excluding carboxylic acids is 1. The molecule has 0 spiro atoms. The minimum atomic E-state index is -0.675. The third kappa shape index (κ3) is 4.19. The van der Waals surface area contributed by atoms with Gasteiger partial charge in [-0.15, -0.1) is 0 Å². The van der Waals surface area contributed by atoms with Gasteiger partial charge in [0.05, 0.1) is 22.4 Å². The van der Waals surface area contributed by atoms with Crippen LogP contribution in [0.4, 0.5) is 4.79 Å². The molecule has 0 N–H and O–H groups in total. The van der Waals surface area contributed by atoms with Crippen molar-refractivity contribution in [2.75, 3.05) is 0 Å². The van der Waals surface area contributed by atoms with Gasteiger partial charge in [-0.25, -0.2) is 14.3 Å². The molecule has 0 bridgehead atoms. The van der Waals surface area contributed by atoms with Crippen LogP contribution in [0.3, 0.4) is 0 Å². The fraction of sp³-hybridized carbons (Fsp3) is 0.667. The Bertz CT molecular complexity index is 1100. The van der Waals surface area contributed by atoms with Gasteiger partial charge in [0.15, 0.2) is 0 Å². The molecule has 4 heterocycles. The maximum Gasteiger partial charge on any atom is 0.497 e. The van der Waals surface area contributed by atoms with E-state index in [4.69, 9.17) is 23.4 Å². The SMILES string of the molecule is CC(C)(C)OC(=O)n1cc(B2OC(C)(C)C(C)(C)O2)c2cc(B3OC(C)(C)C(C)(C)O3)cnc21. The van der Waals surface area contributed by atoms with Crippen molar-refractivity contribution in [2.24, 2.45) is 0 Å². The topological polar surface area (TPSA) is 81.0 Å². The Labute approximate surface area is 202 Å². The molecule has 0 aromatic carbocycles. The molecular formula is C24H36B2N2O6. The van der Waals surface area contributed by atoms with Gasteiger partial charge in [0.25, 0.3) is 0 Å². The van der Waals surface area contributed by atoms with E-state index in [1.165, 1.54) is 4.57 Å². The Balaban J connectivity index is 1.81. The van der Waals surface area contributed by atoms with Crippen LogP contribution in [0.25, 0.3) is 11.0 Å². The van der Waals surface area contributed by atoms with Crippen molar-refractivity contribution < 1.29 is 28.1 Å². The molecule has 2 aromatic heterocycles. The molecule has 0 aliphatic carbocycles. The number of hydrogen-bond donors (Lipinski definition) is 0. The smallest absolute Gasteiger partial charge is 0.443 e. The molecule has 0 amide bonds. The van der Waals surface area contributed by atoms with Gasteiger partial charge < -0.3 is 23.4 Å². The third-order valence-electron chi connectivity index (χ3n) is 7.32. The number of pyridine rings is 1. The Kier molecular flexibility index (Phi) is 5.61. The number of carbonyl (C=O) groups is 1. The minimum absolute atomic E-state index is 0.458. The molecule has 8 nitrogen and oxygen atoms in total. The Morgan fingerprint density at radius 1 is 0.882 bits per heavy atom. The summed E-state index contributed by atoms with van der Waals surface area (Å²) in [5.74, 6) is 0. The first-order valence-electron chi connectivity index (χ1n) is 11.8. The average molecular weight is 470 g/mol. The lowest BCUT2D eigenvalue weighted by molar-refractivity contribution is 0.00578. The first-order valence-corrected chi connectivity index (χ1v) is 11.8. The van der Waals surface area contributed by atoms with Crippen molar-refractivity contribution in [2.45, 2.75) is 104 Å². The van der Waals surface area contributed by atoms with Gasteiger partial charge in [0.2, 0.25) is 0 Å². The Morgan fingerprint density at radius 3 is 1.82 bits per heavy atom. The van der Waals surface area contributed by atoms with Crippen LogP contribution in [0.2, 0.25) is 0 Å². The van der Waals surface area contributed by atoms with E-state index in [1.54, 1.807) is 12.4 Å². The molecule has 2 fully saturated rings. The summed E-state index contributed by atoms with van der Waals surface area (Å²) in [7, 11) is -1.26. The standard InChI is InChI=1S/C24H36B2N2O6/c1-20(2,3)30-19(29)28-14-17(26-33-23(8,9)24(10,11)34-26)16-12-15(13-27-18(16)28)25-31-21(4,5)22(6,7)32-25/h12-14H,1-11H3. The van der Waals surface area contributed by atoms with Crippen molar-refractivity contribution in [3.05, 3.63) is 18.5 Å². The zero-order valence-corrected chi connectivity index (χ0v) is 22.2. The Hall–Kier alpha value is -1.87. The van der Waals surface area contributed by atoms with E-state index in [1.807, 2.05) is 82.2 Å². The van der Waals surface area contributed by atoms with Crippen LogP contribution in [-0.2, 0) is 23.4 Å². The van der Waals surface area contributed by atoms with Gasteiger partial charge in [0.1, 0.15) is 11.2 Å². The zero-order valence-electron chi connectivity index (χ0n) is 22.2. The molecule has 184 valence electrons. The Morgan fingerprint density at radius 2 is 1.35 bits per heavy atom. The molecule has 2 aromatic rings. The number of fused-ring (bicyclic) bond motifs is 1. The lowest BCUT2D eigenvalue weighted by Gasteiger charge is -2.32. The van der Waals surface area contributed by atoms with Crippen LogP contribution in [-0.4, -0.2) is 57.9 Å². The van der Waals surface area contributed by atoms with E-state index in [-0.39, 0.29) is 0 Å². The van der Waals surface area contributed by atoms with Gasteiger partial charge in [-0.1, -0.05) is 6.07 Å². The van der Waals surface area contributed by atoms with Gasteiger partial charge in [-0.05, 0) is 76.2 Å². The predicted octanol–water partition coefficient (Wildman–Crippen LogP) is 3.42. The number of hydrogen-bond acceptors (Lipinski definition) is 7. The number of rotatable bonds is 2. The number of aromatic nitrogens is 2. The largest absolute Gasteiger partial charge is 0.497 e. The summed E-state index contributed by atoms with van der Waals surface area (Å²) >= 11 is 0. The molecule has 2 aliphatic rings. The maximum atomic E-state index is 13.0. The normalized spacial score (nSPS) is 23.0. The highest BCUT2D eigenvalue weighted by molar-refractivity contribution is 6.66. The van der Waals surface area contributed by atoms with Crippen molar-refractivity contribution in [3.8, 4) is 0 Å². The van der Waals surface area contributed by atoms with E-state index >= 15 is 0 Å². The molecule has 0 radical (unpaired) electrons. The predicted molar refractivity (Wildman–Crippen MR) is 133 cm³/mol. The first kappa shape index (κ1) is 25.2. The molecule has 2 saturated heterocycles. The van der Waals surface area contributed by atoms with Crippen LogP contribution >= 0.6 is 0 Å². The second-order valence-electron chi connectivity index (χ2n) is 12.3. The maximum absolute atomic E-state index is 13.0. The third-order valence-corrected chi connectivity index (χ3v) is 7.32. The average Bonchev–Trinajstić information content (AvgIpc) is 3.20. The van der Waals surface area contributed by atoms with Crippen molar-refractivity contribution in [1.29, 1.82) is 0 Å². The summed E-state index contributed by atoms with van der Waals surface area (Å²) in [5.41, 5.74) is -0.770. The summed E-state index contributed by atoms with van der Waals surface area (Å²) in [5, 5.41) is 0.719. The van der Waals surface area contributed by atoms with E-state index in [9.17, 15) is 4.79 Å². The van der Waals surface area contributed by atoms with Crippen LogP contribution in [0.15, 0.2) is 18.5 Å². The highest BCUT2D eigenvalue weighted by Crippen LogP contribution is 2.38. The molecular weight excluding hydrogens is 434 g/mol. The van der Waals surface area contributed by atoms with Gasteiger partial charge in [-0.2, -0.15) is 0 Å². The molecule has 0 saturated carbocycles. The van der Waals surface area contributed by atoms with Crippen molar-refractivity contribution in [1.82, 2.24) is 9.55 Å². The molecule has 34 heavy (non-hydrogen) atoms. The number of nitrogens with zero attached hydrogens (tertiary/aromatic N) is 2. The van der Waals surface area contributed by atoms with Gasteiger partial charge in [-0.3, -0.25) is 0 Å². The molecule has 2 aliphatic heterocycles. The highest BCUT2D eigenvalue weighted by atomic mass is 16.7. The second-order valence-corrected chi connectivity index (χ2v) is 12.3. The van der Waals surface area contributed by atoms with Crippen LogP contribution in [0, 0.1) is 0 Å². The highest BCUT2D eigenvalue weighted by Gasteiger charge is 2.54. The second kappa shape index (κ2) is 7.56. The van der Waals surface area contributed by atoms with E-state index in [2.05, 4.69) is 4.98 Å². The first-order chi connectivity index (χ1) is 15.3. The van der Waals surface area contributed by atoms with Crippen LogP contribution in [0.5, 0.6) is 0 Å². The van der Waals surface area contributed by atoms with Crippen molar-refractivity contribution in [3.63, 3.8) is 0 Å². The lowest BCUT2D eigenvalue weighted by Crippen LogP contribution is -2.41. The molecule has 4 rings (SSSR count).